The molecule has 1 N–H and O–H groups in total. The summed E-state index contributed by atoms with van der Waals surface area (Å²) < 4.78 is 4.56. The molecule has 10 heteroatoms. The van der Waals surface area contributed by atoms with E-state index in [0.717, 1.165) is 24.3 Å². The smallest absolute Gasteiger partial charge is 0.247 e. The van der Waals surface area contributed by atoms with Crippen molar-refractivity contribution in [2.75, 3.05) is 64.0 Å². The summed E-state index contributed by atoms with van der Waals surface area (Å²) in [5.41, 5.74) is 1.55. The Labute approximate surface area is 262 Å². The Kier molecular flexibility index (Phi) is 8.09. The van der Waals surface area contributed by atoms with Gasteiger partial charge in [0.25, 0.3) is 0 Å². The predicted octanol–water partition coefficient (Wildman–Crippen LogP) is 2.35. The number of rotatable bonds is 7. The highest BCUT2D eigenvalue weighted by atomic mass is 32.2. The van der Waals surface area contributed by atoms with Gasteiger partial charge in [0.05, 0.1) is 42.4 Å². The van der Waals surface area contributed by atoms with Crippen LogP contribution in [0.3, 0.4) is 0 Å². The zero-order chi connectivity index (χ0) is 30.3. The summed E-state index contributed by atoms with van der Waals surface area (Å²) >= 11 is 1.57. The van der Waals surface area contributed by atoms with E-state index in [1.165, 1.54) is 0 Å². The fourth-order valence-corrected chi connectivity index (χ4v) is 9.61. The highest BCUT2D eigenvalue weighted by molar-refractivity contribution is 8.02. The standard InChI is InChI=1S/C34H38N4O5S/c39-23-26(24-9-3-1-4-10-24)38-30-33(42)36(18-17-35-19-21-43-22-20-35)15-8-14-34(30)29(32(38)41)28-27(44-34)13-7-16-37(31(28)40)25-11-5-2-6-12-25/h1-14,26-30,39H,15-23H2/t26-,27+,28-,29+,30?,34+/m1/s1. The fraction of sp³-hybridized carbons (Fsp3) is 0.441. The van der Waals surface area contributed by atoms with Gasteiger partial charge in [0.2, 0.25) is 17.7 Å². The third-order valence-corrected chi connectivity index (χ3v) is 11.5. The lowest BCUT2D eigenvalue weighted by atomic mass is 9.78. The molecule has 230 valence electrons. The van der Waals surface area contributed by atoms with Crippen molar-refractivity contribution in [3.05, 3.63) is 90.5 Å². The number of hydrogen-bond acceptors (Lipinski definition) is 7. The van der Waals surface area contributed by atoms with E-state index in [-0.39, 0.29) is 29.6 Å². The van der Waals surface area contributed by atoms with Gasteiger partial charge in [-0.05, 0) is 17.7 Å². The van der Waals surface area contributed by atoms with E-state index < -0.39 is 28.7 Å². The second-order valence-corrected chi connectivity index (χ2v) is 13.5. The van der Waals surface area contributed by atoms with E-state index in [4.69, 9.17) is 4.74 Å². The number of para-hydroxylation sites is 1. The molecular formula is C34H38N4O5S. The Morgan fingerprint density at radius 2 is 1.61 bits per heavy atom. The maximum absolute atomic E-state index is 14.8. The highest BCUT2D eigenvalue weighted by Crippen LogP contribution is 2.62. The van der Waals surface area contributed by atoms with Crippen LogP contribution in [0.25, 0.3) is 0 Å². The van der Waals surface area contributed by atoms with Crippen molar-refractivity contribution in [1.82, 2.24) is 14.7 Å². The molecule has 5 heterocycles. The molecule has 0 aliphatic carbocycles. The molecule has 2 aromatic rings. The van der Waals surface area contributed by atoms with E-state index in [9.17, 15) is 19.5 Å². The number of likely N-dealkylation sites (tertiary alicyclic amines) is 1. The van der Waals surface area contributed by atoms with Gasteiger partial charge in [-0.25, -0.2) is 0 Å². The molecule has 0 bridgehead atoms. The number of anilines is 1. The molecule has 1 spiro atoms. The minimum absolute atomic E-state index is 0.107. The monoisotopic (exact) mass is 614 g/mol. The molecule has 5 aliphatic rings. The fourth-order valence-electron chi connectivity index (χ4n) is 7.62. The van der Waals surface area contributed by atoms with Crippen LogP contribution in [0.1, 0.15) is 11.6 Å². The molecule has 0 aromatic heterocycles. The summed E-state index contributed by atoms with van der Waals surface area (Å²) in [6.45, 7) is 4.77. The maximum Gasteiger partial charge on any atom is 0.247 e. The van der Waals surface area contributed by atoms with Crippen molar-refractivity contribution in [3.63, 3.8) is 0 Å². The number of fused-ring (bicyclic) bond motifs is 2. The SMILES string of the molecule is O=C1C2N([C@H](CO)c3ccccc3)C(=O)[C@@H]3[C@@H]4C(=O)N(c5ccccc5)CC=C[C@@H]4S[C@]23C=CCN1CCN1CCOCC1. The van der Waals surface area contributed by atoms with Gasteiger partial charge in [-0.15, -0.1) is 11.8 Å². The molecule has 7 rings (SSSR count). The third-order valence-electron chi connectivity index (χ3n) is 9.73. The van der Waals surface area contributed by atoms with Crippen LogP contribution in [0.2, 0.25) is 0 Å². The minimum atomic E-state index is -0.945. The molecule has 0 radical (unpaired) electrons. The van der Waals surface area contributed by atoms with Gasteiger partial charge in [0.1, 0.15) is 6.04 Å². The lowest BCUT2D eigenvalue weighted by molar-refractivity contribution is -0.145. The molecule has 3 saturated heterocycles. The van der Waals surface area contributed by atoms with Crippen molar-refractivity contribution < 1.29 is 24.2 Å². The summed E-state index contributed by atoms with van der Waals surface area (Å²) in [6.07, 6.45) is 8.12. The van der Waals surface area contributed by atoms with Gasteiger partial charge in [-0.3, -0.25) is 19.3 Å². The second kappa shape index (κ2) is 12.2. The largest absolute Gasteiger partial charge is 0.394 e. The average molecular weight is 615 g/mol. The van der Waals surface area contributed by atoms with Crippen molar-refractivity contribution >= 4 is 35.2 Å². The Hall–Kier alpha value is -3.44. The quantitative estimate of drug-likeness (QED) is 0.479. The molecular weight excluding hydrogens is 576 g/mol. The number of morpholine rings is 1. The van der Waals surface area contributed by atoms with Gasteiger partial charge in [0.15, 0.2) is 0 Å². The van der Waals surface area contributed by atoms with Gasteiger partial charge in [0, 0.05) is 50.2 Å². The number of aliphatic hydroxyl groups excluding tert-OH is 1. The number of nitrogens with zero attached hydrogens (tertiary/aromatic N) is 4. The first-order valence-corrected chi connectivity index (χ1v) is 16.4. The van der Waals surface area contributed by atoms with E-state index in [2.05, 4.69) is 11.0 Å². The van der Waals surface area contributed by atoms with Crippen LogP contribution in [0.5, 0.6) is 0 Å². The topological polar surface area (TPSA) is 93.6 Å². The number of carbonyl (C=O) groups excluding carboxylic acids is 3. The van der Waals surface area contributed by atoms with Crippen molar-refractivity contribution in [3.8, 4) is 0 Å². The van der Waals surface area contributed by atoms with Crippen LogP contribution in [0.15, 0.2) is 85.0 Å². The van der Waals surface area contributed by atoms with Crippen LogP contribution in [0, 0.1) is 11.8 Å². The first kappa shape index (κ1) is 29.3. The number of carbonyl (C=O) groups is 3. The van der Waals surface area contributed by atoms with Crippen LogP contribution in [-0.2, 0) is 19.1 Å². The predicted molar refractivity (Wildman–Crippen MR) is 169 cm³/mol. The van der Waals surface area contributed by atoms with Gasteiger partial charge in [-0.2, -0.15) is 0 Å². The Morgan fingerprint density at radius 3 is 2.34 bits per heavy atom. The van der Waals surface area contributed by atoms with Gasteiger partial charge < -0.3 is 24.5 Å². The van der Waals surface area contributed by atoms with Crippen molar-refractivity contribution in [1.29, 1.82) is 0 Å². The van der Waals surface area contributed by atoms with Crippen LogP contribution in [-0.4, -0.2) is 113 Å². The summed E-state index contributed by atoms with van der Waals surface area (Å²) in [6, 6.07) is 17.4. The summed E-state index contributed by atoms with van der Waals surface area (Å²) in [5.74, 6) is -1.88. The zero-order valence-electron chi connectivity index (χ0n) is 24.6. The molecule has 1 unspecified atom stereocenters. The molecule has 3 fully saturated rings. The first-order valence-electron chi connectivity index (χ1n) is 15.5. The molecule has 44 heavy (non-hydrogen) atoms. The number of hydrogen-bond donors (Lipinski definition) is 1. The Morgan fingerprint density at radius 1 is 0.886 bits per heavy atom. The number of thioether (sulfide) groups is 1. The molecule has 9 nitrogen and oxygen atoms in total. The molecule has 3 amide bonds. The summed E-state index contributed by atoms with van der Waals surface area (Å²) in [5, 5.41) is 10.5. The number of ether oxygens (including phenoxy) is 1. The maximum atomic E-state index is 14.8. The van der Waals surface area contributed by atoms with E-state index in [1.54, 1.807) is 21.6 Å². The third kappa shape index (κ3) is 4.88. The molecule has 0 saturated carbocycles. The number of aliphatic hydroxyl groups is 1. The van der Waals surface area contributed by atoms with Crippen LogP contribution >= 0.6 is 11.8 Å². The molecule has 2 aromatic carbocycles. The average Bonchev–Trinajstić information content (AvgIpc) is 3.38. The Balaban J connectivity index is 1.29. The van der Waals surface area contributed by atoms with Crippen molar-refractivity contribution in [2.24, 2.45) is 11.8 Å². The molecule has 6 atom stereocenters. The van der Waals surface area contributed by atoms with Crippen LogP contribution < -0.4 is 4.90 Å². The minimum Gasteiger partial charge on any atom is -0.394 e. The normalized spacial score (nSPS) is 31.0. The van der Waals surface area contributed by atoms with Gasteiger partial charge in [-0.1, -0.05) is 72.8 Å². The number of amides is 3. The zero-order valence-corrected chi connectivity index (χ0v) is 25.4. The lowest BCUT2D eigenvalue weighted by Gasteiger charge is -2.39. The van der Waals surface area contributed by atoms with E-state index in [0.29, 0.717) is 39.4 Å². The molecule has 5 aliphatic heterocycles. The highest BCUT2D eigenvalue weighted by Gasteiger charge is 2.71. The summed E-state index contributed by atoms with van der Waals surface area (Å²) in [4.78, 5) is 51.5. The number of benzene rings is 2. The Bertz CT molecular complexity index is 1450. The summed E-state index contributed by atoms with van der Waals surface area (Å²) in [7, 11) is 0. The van der Waals surface area contributed by atoms with Gasteiger partial charge >= 0.3 is 0 Å². The van der Waals surface area contributed by atoms with E-state index in [1.807, 2.05) is 83.8 Å². The lowest BCUT2D eigenvalue weighted by Crippen LogP contribution is -2.55. The van der Waals surface area contributed by atoms with Crippen LogP contribution in [0.4, 0.5) is 5.69 Å². The second-order valence-electron chi connectivity index (χ2n) is 12.0. The first-order chi connectivity index (χ1) is 21.5. The van der Waals surface area contributed by atoms with E-state index >= 15 is 0 Å². The van der Waals surface area contributed by atoms with Crippen molar-refractivity contribution in [2.45, 2.75) is 22.1 Å².